The first-order valence-electron chi connectivity index (χ1n) is 8.72. The minimum absolute atomic E-state index is 2.95. The molecule has 0 aromatic heterocycles. The summed E-state index contributed by atoms with van der Waals surface area (Å²) in [5, 5.41) is 0. The van der Waals surface area contributed by atoms with Crippen molar-refractivity contribution in [2.75, 3.05) is 6.67 Å². The van der Waals surface area contributed by atoms with Crippen LogP contribution in [-0.2, 0) is 0 Å². The van der Waals surface area contributed by atoms with Gasteiger partial charge in [-0.25, -0.2) is 17.6 Å². The molecule has 0 nitrogen and oxygen atoms in total. The van der Waals surface area contributed by atoms with Crippen LogP contribution in [0.5, 0.6) is 0 Å². The van der Waals surface area contributed by atoms with Gasteiger partial charge in [0.1, 0.15) is 0 Å². The molecule has 0 rings (SSSR count). The van der Waals surface area contributed by atoms with Gasteiger partial charge < -0.3 is 0 Å². The highest BCUT2D eigenvalue weighted by atomic mass is 19.4. The van der Waals surface area contributed by atoms with Gasteiger partial charge in [0.05, 0.1) is 18.6 Å². The lowest BCUT2D eigenvalue weighted by Crippen LogP contribution is -2.75. The third-order valence-electron chi connectivity index (χ3n) is 4.84. The van der Waals surface area contributed by atoms with Crippen LogP contribution in [0.1, 0.15) is 6.42 Å². The largest absolute Gasteiger partial charge is 0.460 e. The zero-order valence-electron chi connectivity index (χ0n) is 17.4. The Morgan fingerprint density at radius 3 is 0.975 bits per heavy atom. The fourth-order valence-corrected chi connectivity index (χ4v) is 2.54. The maximum absolute atomic E-state index is 14.3. The standard InChI is InChI=1S/C15H5F25/c16-2-1-5(18,19)6(20,14(35,36)37)4(3-17)7(21,22)8(23,24)9(25,26)10(27,28)11(29,30)12(31,32)13(33,34)15(38,39)40/h3H,1-2H2. The van der Waals surface area contributed by atoms with Gasteiger partial charge in [0.25, 0.3) is 11.6 Å². The summed E-state index contributed by atoms with van der Waals surface area (Å²) in [6, 6.07) is 0. The molecule has 40 heavy (non-hydrogen) atoms. The monoisotopic (exact) mass is 660 g/mol. The predicted molar refractivity (Wildman–Crippen MR) is 75.3 cm³/mol. The first-order valence-corrected chi connectivity index (χ1v) is 8.72. The van der Waals surface area contributed by atoms with Crippen LogP contribution in [0.3, 0.4) is 0 Å². The van der Waals surface area contributed by atoms with Crippen LogP contribution in [0.2, 0.25) is 0 Å². The van der Waals surface area contributed by atoms with Gasteiger partial charge in [0.2, 0.25) is 0 Å². The molecule has 0 bridgehead atoms. The summed E-state index contributed by atoms with van der Waals surface area (Å²) in [4.78, 5) is 0. The van der Waals surface area contributed by atoms with Crippen molar-refractivity contribution in [1.29, 1.82) is 0 Å². The van der Waals surface area contributed by atoms with Gasteiger partial charge in [0.15, 0.2) is 0 Å². The Balaban J connectivity index is 7.52. The van der Waals surface area contributed by atoms with Gasteiger partial charge in [-0.15, -0.1) is 0 Å². The van der Waals surface area contributed by atoms with Crippen molar-refractivity contribution in [3.8, 4) is 0 Å². The van der Waals surface area contributed by atoms with Gasteiger partial charge >= 0.3 is 53.8 Å². The van der Waals surface area contributed by atoms with E-state index >= 15 is 0 Å². The maximum Gasteiger partial charge on any atom is 0.460 e. The normalized spacial score (nSPS) is 18.2. The van der Waals surface area contributed by atoms with Crippen LogP contribution >= 0.6 is 0 Å². The van der Waals surface area contributed by atoms with E-state index in [4.69, 9.17) is 0 Å². The van der Waals surface area contributed by atoms with E-state index in [0.717, 1.165) is 0 Å². The first kappa shape index (κ1) is 38.0. The maximum atomic E-state index is 14.3. The van der Waals surface area contributed by atoms with E-state index in [1.807, 2.05) is 0 Å². The Kier molecular flexibility index (Phi) is 9.29. The minimum atomic E-state index is -9.37. The molecule has 0 amide bonds. The summed E-state index contributed by atoms with van der Waals surface area (Å²) < 4.78 is 329. The van der Waals surface area contributed by atoms with E-state index < -0.39 is 90.4 Å². The van der Waals surface area contributed by atoms with Crippen molar-refractivity contribution >= 4 is 0 Å². The van der Waals surface area contributed by atoms with Crippen LogP contribution < -0.4 is 0 Å². The van der Waals surface area contributed by atoms with Crippen molar-refractivity contribution in [3.05, 3.63) is 11.9 Å². The average Bonchev–Trinajstić information content (AvgIpc) is 2.71. The van der Waals surface area contributed by atoms with Crippen LogP contribution in [0, 0.1) is 0 Å². The van der Waals surface area contributed by atoms with Crippen LogP contribution in [-0.4, -0.2) is 72.1 Å². The lowest BCUT2D eigenvalue weighted by Gasteiger charge is -2.45. The summed E-state index contributed by atoms with van der Waals surface area (Å²) >= 11 is 0. The molecule has 0 radical (unpaired) electrons. The summed E-state index contributed by atoms with van der Waals surface area (Å²) in [5.41, 5.74) is -13.2. The third kappa shape index (κ3) is 4.68. The molecule has 0 aliphatic carbocycles. The molecule has 0 spiro atoms. The average molecular weight is 660 g/mol. The summed E-state index contributed by atoms with van der Waals surface area (Å²) in [7, 11) is 0. The highest BCUT2D eigenvalue weighted by Gasteiger charge is 2.96. The van der Waals surface area contributed by atoms with Crippen LogP contribution in [0.15, 0.2) is 11.9 Å². The fourth-order valence-electron chi connectivity index (χ4n) is 2.54. The van der Waals surface area contributed by atoms with Crippen molar-refractivity contribution < 1.29 is 110 Å². The zero-order valence-corrected chi connectivity index (χ0v) is 17.4. The number of halogens is 25. The van der Waals surface area contributed by atoms with Gasteiger partial charge in [-0.1, -0.05) is 0 Å². The SMILES string of the molecule is FC=C(C(F)(F)C(F)(F)C(F)(F)C(F)(F)C(F)(F)C(F)(F)C(F)(F)C(F)(F)F)C(F)(C(F)(F)F)C(F)(F)CCF. The summed E-state index contributed by atoms with van der Waals surface area (Å²) in [5.74, 6) is -70.4. The lowest BCUT2D eigenvalue weighted by atomic mass is 9.79. The number of alkyl halides is 24. The Labute approximate surface area is 201 Å². The Morgan fingerprint density at radius 2 is 0.725 bits per heavy atom. The highest BCUT2D eigenvalue weighted by Crippen LogP contribution is 2.66. The molecule has 1 unspecified atom stereocenters. The molecular weight excluding hydrogens is 655 g/mol. The van der Waals surface area contributed by atoms with Gasteiger partial charge in [-0.05, 0) is 0 Å². The molecule has 0 aromatic carbocycles. The van der Waals surface area contributed by atoms with E-state index in [2.05, 4.69) is 0 Å². The van der Waals surface area contributed by atoms with E-state index in [1.165, 1.54) is 0 Å². The second kappa shape index (κ2) is 9.78. The highest BCUT2D eigenvalue weighted by molar-refractivity contribution is 5.34. The molecule has 0 aliphatic rings. The van der Waals surface area contributed by atoms with E-state index in [-0.39, 0.29) is 0 Å². The van der Waals surface area contributed by atoms with Crippen LogP contribution in [0.4, 0.5) is 110 Å². The zero-order chi connectivity index (χ0) is 33.2. The van der Waals surface area contributed by atoms with Crippen molar-refractivity contribution in [2.45, 2.75) is 71.8 Å². The topological polar surface area (TPSA) is 0 Å². The van der Waals surface area contributed by atoms with Crippen molar-refractivity contribution in [2.24, 2.45) is 0 Å². The Morgan fingerprint density at radius 1 is 0.425 bits per heavy atom. The quantitative estimate of drug-likeness (QED) is 0.194. The molecule has 0 N–H and O–H groups in total. The van der Waals surface area contributed by atoms with Gasteiger partial charge in [0, 0.05) is 6.42 Å². The van der Waals surface area contributed by atoms with E-state index in [0.29, 0.717) is 0 Å². The van der Waals surface area contributed by atoms with Crippen LogP contribution in [0.25, 0.3) is 0 Å². The summed E-state index contributed by atoms with van der Waals surface area (Å²) in [6.07, 6.45) is -22.5. The second-order valence-electron chi connectivity index (χ2n) is 7.34. The molecule has 0 aromatic rings. The number of hydrogen-bond donors (Lipinski definition) is 0. The molecular formula is C15H5F25. The molecule has 0 saturated heterocycles. The molecule has 0 saturated carbocycles. The molecule has 0 aliphatic heterocycles. The number of allylic oxidation sites excluding steroid dienone is 1. The summed E-state index contributed by atoms with van der Waals surface area (Å²) in [6.45, 7) is -2.95. The molecule has 0 fully saturated rings. The van der Waals surface area contributed by atoms with Crippen molar-refractivity contribution in [1.82, 2.24) is 0 Å². The van der Waals surface area contributed by atoms with Gasteiger partial charge in [-0.2, -0.15) is 87.8 Å². The van der Waals surface area contributed by atoms with E-state index in [1.54, 1.807) is 0 Å². The molecule has 0 heterocycles. The Hall–Kier alpha value is -2.01. The van der Waals surface area contributed by atoms with Crippen molar-refractivity contribution in [3.63, 3.8) is 0 Å². The number of hydrogen-bond acceptors (Lipinski definition) is 0. The lowest BCUT2D eigenvalue weighted by molar-refractivity contribution is -0.461. The predicted octanol–water partition coefficient (Wildman–Crippen LogP) is 9.11. The smallest absolute Gasteiger partial charge is 0.251 e. The second-order valence-corrected chi connectivity index (χ2v) is 7.34. The minimum Gasteiger partial charge on any atom is -0.251 e. The van der Waals surface area contributed by atoms with Gasteiger partial charge in [-0.3, -0.25) is 4.39 Å². The number of rotatable bonds is 11. The molecule has 240 valence electrons. The first-order chi connectivity index (χ1) is 17.0. The third-order valence-corrected chi connectivity index (χ3v) is 4.84. The Bertz CT molecular complexity index is 931. The molecule has 25 heteroatoms. The fraction of sp³-hybridized carbons (Fsp3) is 0.867. The molecule has 1 atom stereocenters. The van der Waals surface area contributed by atoms with E-state index in [9.17, 15) is 110 Å².